The van der Waals surface area contributed by atoms with Gasteiger partial charge in [0.05, 0.1) is 11.2 Å². The molecule has 0 aliphatic carbocycles. The van der Waals surface area contributed by atoms with E-state index in [1.807, 2.05) is 79.7 Å². The molecule has 0 radical (unpaired) electrons. The number of rotatable bonds is 4. The van der Waals surface area contributed by atoms with Crippen molar-refractivity contribution in [1.82, 2.24) is 9.97 Å². The molecule has 0 unspecified atom stereocenters. The lowest BCUT2D eigenvalue weighted by molar-refractivity contribution is 1.18. The average molecular weight is 407 g/mol. The molecule has 0 saturated heterocycles. The van der Waals surface area contributed by atoms with Crippen molar-refractivity contribution in [2.45, 2.75) is 6.92 Å². The minimum Gasteiger partial charge on any atom is -0.260 e. The summed E-state index contributed by atoms with van der Waals surface area (Å²) in [7, 11) is 0. The number of halogens is 2. The van der Waals surface area contributed by atoms with Gasteiger partial charge in [0.25, 0.3) is 0 Å². The number of hydrazone groups is 1. The minimum absolute atomic E-state index is 0.609. The Hall–Kier alpha value is -2.95. The SMILES string of the molecule is C/C(=N\Nc1nc(-c2ccc(Cl)cc2)nc2ccccc12)c1ccc(Cl)cc1. The molecule has 0 aliphatic rings. The Kier molecular flexibility index (Phi) is 5.24. The zero-order chi connectivity index (χ0) is 19.5. The molecule has 0 amide bonds. The van der Waals surface area contributed by atoms with Crippen molar-refractivity contribution in [3.8, 4) is 11.4 Å². The molecule has 3 aromatic carbocycles. The van der Waals surface area contributed by atoms with Crippen molar-refractivity contribution in [1.29, 1.82) is 0 Å². The molecule has 4 nitrogen and oxygen atoms in total. The molecular weight excluding hydrogens is 391 g/mol. The molecule has 6 heteroatoms. The summed E-state index contributed by atoms with van der Waals surface area (Å²) < 4.78 is 0. The van der Waals surface area contributed by atoms with Gasteiger partial charge in [0.15, 0.2) is 11.6 Å². The Labute approximate surface area is 172 Å². The van der Waals surface area contributed by atoms with Crippen molar-refractivity contribution in [3.63, 3.8) is 0 Å². The lowest BCUT2D eigenvalue weighted by atomic mass is 10.1. The molecule has 1 aromatic heterocycles. The number of nitrogens with zero attached hydrogens (tertiary/aromatic N) is 3. The van der Waals surface area contributed by atoms with Crippen LogP contribution in [-0.2, 0) is 0 Å². The standard InChI is InChI=1S/C22H16Cl2N4/c1-14(15-6-10-17(23)11-7-15)27-28-22-19-4-2-3-5-20(19)25-21(26-22)16-8-12-18(24)13-9-16/h2-13H,1H3,(H,25,26,28)/b27-14+. The quantitative estimate of drug-likeness (QED) is 0.313. The minimum atomic E-state index is 0.609. The highest BCUT2D eigenvalue weighted by atomic mass is 35.5. The van der Waals surface area contributed by atoms with E-state index in [9.17, 15) is 0 Å². The smallest absolute Gasteiger partial charge is 0.162 e. The van der Waals surface area contributed by atoms with Crippen molar-refractivity contribution in [2.24, 2.45) is 5.10 Å². The topological polar surface area (TPSA) is 50.2 Å². The van der Waals surface area contributed by atoms with Crippen molar-refractivity contribution in [3.05, 3.63) is 88.4 Å². The first-order valence-corrected chi connectivity index (χ1v) is 9.45. The van der Waals surface area contributed by atoms with Crippen LogP contribution in [0.4, 0.5) is 5.82 Å². The van der Waals surface area contributed by atoms with Gasteiger partial charge in [0, 0.05) is 21.0 Å². The molecule has 138 valence electrons. The first kappa shape index (κ1) is 18.4. The van der Waals surface area contributed by atoms with Gasteiger partial charge in [-0.25, -0.2) is 9.97 Å². The number of fused-ring (bicyclic) bond motifs is 1. The van der Waals surface area contributed by atoms with Crippen LogP contribution in [0.1, 0.15) is 12.5 Å². The number of hydrogen-bond acceptors (Lipinski definition) is 4. The third-order valence-electron chi connectivity index (χ3n) is 4.30. The Morgan fingerprint density at radius 2 is 1.46 bits per heavy atom. The second kappa shape index (κ2) is 7.97. The van der Waals surface area contributed by atoms with E-state index in [0.29, 0.717) is 21.7 Å². The fourth-order valence-corrected chi connectivity index (χ4v) is 3.03. The molecule has 4 rings (SSSR count). The van der Waals surface area contributed by atoms with Crippen LogP contribution in [0, 0.1) is 0 Å². The predicted molar refractivity (Wildman–Crippen MR) is 117 cm³/mol. The Morgan fingerprint density at radius 3 is 2.18 bits per heavy atom. The molecule has 1 heterocycles. The largest absolute Gasteiger partial charge is 0.260 e. The maximum atomic E-state index is 6.00. The third-order valence-corrected chi connectivity index (χ3v) is 4.80. The summed E-state index contributed by atoms with van der Waals surface area (Å²) in [6, 6.07) is 22.8. The van der Waals surface area contributed by atoms with Gasteiger partial charge in [0.2, 0.25) is 0 Å². The van der Waals surface area contributed by atoms with Crippen LogP contribution < -0.4 is 5.43 Å². The zero-order valence-electron chi connectivity index (χ0n) is 15.0. The molecule has 0 aliphatic heterocycles. The highest BCUT2D eigenvalue weighted by Gasteiger charge is 2.09. The van der Waals surface area contributed by atoms with Crippen LogP contribution in [0.15, 0.2) is 77.9 Å². The van der Waals surface area contributed by atoms with E-state index in [1.54, 1.807) is 0 Å². The molecule has 0 spiro atoms. The number of hydrogen-bond donors (Lipinski definition) is 1. The molecule has 0 atom stereocenters. The van der Waals surface area contributed by atoms with Crippen LogP contribution in [0.25, 0.3) is 22.3 Å². The summed E-state index contributed by atoms with van der Waals surface area (Å²) in [6.45, 7) is 1.93. The molecule has 1 N–H and O–H groups in total. The van der Waals surface area contributed by atoms with Crippen LogP contribution in [0.2, 0.25) is 10.0 Å². The Morgan fingerprint density at radius 1 is 0.821 bits per heavy atom. The summed E-state index contributed by atoms with van der Waals surface area (Å²) in [5, 5.41) is 6.77. The number of para-hydroxylation sites is 1. The van der Waals surface area contributed by atoms with Crippen LogP contribution in [-0.4, -0.2) is 15.7 Å². The first-order chi connectivity index (χ1) is 13.6. The summed E-state index contributed by atoms with van der Waals surface area (Å²) in [5.74, 6) is 1.25. The van der Waals surface area contributed by atoms with Gasteiger partial charge < -0.3 is 0 Å². The fourth-order valence-electron chi connectivity index (χ4n) is 2.78. The highest BCUT2D eigenvalue weighted by Crippen LogP contribution is 2.26. The van der Waals surface area contributed by atoms with E-state index < -0.39 is 0 Å². The van der Waals surface area contributed by atoms with E-state index in [4.69, 9.17) is 23.2 Å². The van der Waals surface area contributed by atoms with Crippen LogP contribution in [0.3, 0.4) is 0 Å². The van der Waals surface area contributed by atoms with Crippen LogP contribution in [0.5, 0.6) is 0 Å². The highest BCUT2D eigenvalue weighted by molar-refractivity contribution is 6.31. The number of benzene rings is 3. The maximum Gasteiger partial charge on any atom is 0.162 e. The molecule has 0 saturated carbocycles. The second-order valence-corrected chi connectivity index (χ2v) is 7.11. The number of nitrogens with one attached hydrogen (secondary N) is 1. The summed E-state index contributed by atoms with van der Waals surface area (Å²) in [6.07, 6.45) is 0. The van der Waals surface area contributed by atoms with E-state index in [-0.39, 0.29) is 0 Å². The van der Waals surface area contributed by atoms with Gasteiger partial charge in [-0.05, 0) is 61.0 Å². The molecule has 28 heavy (non-hydrogen) atoms. The average Bonchev–Trinajstić information content (AvgIpc) is 2.72. The molecule has 0 fully saturated rings. The van der Waals surface area contributed by atoms with E-state index >= 15 is 0 Å². The third kappa shape index (κ3) is 3.98. The molecule has 0 bridgehead atoms. The van der Waals surface area contributed by atoms with Gasteiger partial charge in [0.1, 0.15) is 0 Å². The lowest BCUT2D eigenvalue weighted by Crippen LogP contribution is -2.03. The van der Waals surface area contributed by atoms with Crippen molar-refractivity contribution >= 4 is 45.6 Å². The summed E-state index contributed by atoms with van der Waals surface area (Å²) >= 11 is 12.0. The normalized spacial score (nSPS) is 11.6. The monoisotopic (exact) mass is 406 g/mol. The Bertz CT molecular complexity index is 1150. The summed E-state index contributed by atoms with van der Waals surface area (Å²) in [5.41, 5.74) is 6.63. The number of aromatic nitrogens is 2. The van der Waals surface area contributed by atoms with Gasteiger partial charge in [-0.3, -0.25) is 5.43 Å². The zero-order valence-corrected chi connectivity index (χ0v) is 16.5. The molecule has 4 aromatic rings. The molecular formula is C22H16Cl2N4. The maximum absolute atomic E-state index is 6.00. The van der Waals surface area contributed by atoms with E-state index in [2.05, 4.69) is 20.5 Å². The van der Waals surface area contributed by atoms with Gasteiger partial charge in [-0.2, -0.15) is 5.10 Å². The predicted octanol–water partition coefficient (Wildman–Crippen LogP) is 6.44. The van der Waals surface area contributed by atoms with Gasteiger partial charge in [-0.1, -0.05) is 47.5 Å². The Balaban J connectivity index is 1.73. The van der Waals surface area contributed by atoms with E-state index in [1.165, 1.54) is 0 Å². The van der Waals surface area contributed by atoms with Gasteiger partial charge >= 0.3 is 0 Å². The van der Waals surface area contributed by atoms with E-state index in [0.717, 1.165) is 27.7 Å². The van der Waals surface area contributed by atoms with Gasteiger partial charge in [-0.15, -0.1) is 0 Å². The summed E-state index contributed by atoms with van der Waals surface area (Å²) in [4.78, 5) is 9.36. The number of anilines is 1. The lowest BCUT2D eigenvalue weighted by Gasteiger charge is -2.09. The van der Waals surface area contributed by atoms with Crippen LogP contribution >= 0.6 is 23.2 Å². The second-order valence-electron chi connectivity index (χ2n) is 6.24. The van der Waals surface area contributed by atoms with Crippen molar-refractivity contribution < 1.29 is 0 Å². The van der Waals surface area contributed by atoms with Crippen molar-refractivity contribution in [2.75, 3.05) is 5.43 Å². The first-order valence-electron chi connectivity index (χ1n) is 8.69. The fraction of sp³-hybridized carbons (Fsp3) is 0.0455.